The Hall–Kier alpha value is -2.05. The maximum atomic E-state index is 13.4. The number of nitrogens with one attached hydrogen (secondary N) is 1. The quantitative estimate of drug-likeness (QED) is 0.812. The molecule has 0 spiro atoms. The number of aryl methyl sites for hydroxylation is 1. The summed E-state index contributed by atoms with van der Waals surface area (Å²) in [6.45, 7) is 8.26. The molecule has 2 aliphatic heterocycles. The summed E-state index contributed by atoms with van der Waals surface area (Å²) in [7, 11) is 0. The van der Waals surface area contributed by atoms with E-state index >= 15 is 0 Å². The lowest BCUT2D eigenvalue weighted by atomic mass is 10.0. The van der Waals surface area contributed by atoms with Gasteiger partial charge in [-0.15, -0.1) is 0 Å². The fourth-order valence-electron chi connectivity index (χ4n) is 4.06. The van der Waals surface area contributed by atoms with Gasteiger partial charge in [-0.05, 0) is 37.8 Å². The summed E-state index contributed by atoms with van der Waals surface area (Å²) in [6.07, 6.45) is 1.70. The van der Waals surface area contributed by atoms with Gasteiger partial charge in [0, 0.05) is 25.4 Å². The molecule has 0 radical (unpaired) electrons. The largest absolute Gasteiger partial charge is 0.376 e. The zero-order valence-corrected chi connectivity index (χ0v) is 17.4. The molecule has 3 heterocycles. The molecule has 0 saturated carbocycles. The Morgan fingerprint density at radius 2 is 2.14 bits per heavy atom. The van der Waals surface area contributed by atoms with Crippen molar-refractivity contribution in [1.29, 1.82) is 0 Å². The van der Waals surface area contributed by atoms with E-state index in [1.54, 1.807) is 0 Å². The third-order valence-corrected chi connectivity index (χ3v) is 5.77. The van der Waals surface area contributed by atoms with E-state index in [2.05, 4.69) is 24.3 Å². The van der Waals surface area contributed by atoms with E-state index in [-0.39, 0.29) is 18.2 Å². The van der Waals surface area contributed by atoms with Crippen LogP contribution in [0, 0.1) is 12.8 Å². The molecule has 1 fully saturated rings. The Kier molecular flexibility index (Phi) is 5.34. The van der Waals surface area contributed by atoms with Crippen molar-refractivity contribution in [1.82, 2.24) is 14.7 Å². The van der Waals surface area contributed by atoms with Crippen LogP contribution in [0.15, 0.2) is 24.3 Å². The zero-order chi connectivity index (χ0) is 19.8. The summed E-state index contributed by atoms with van der Waals surface area (Å²) in [4.78, 5) is 15.2. The number of amides is 1. The third-order valence-electron chi connectivity index (χ3n) is 5.37. The predicted molar refractivity (Wildman–Crippen MR) is 110 cm³/mol. The highest BCUT2D eigenvalue weighted by Crippen LogP contribution is 2.38. The lowest BCUT2D eigenvalue weighted by Gasteiger charge is -2.39. The Morgan fingerprint density at radius 1 is 1.36 bits per heavy atom. The van der Waals surface area contributed by atoms with Gasteiger partial charge < -0.3 is 15.0 Å². The molecule has 1 N–H and O–H groups in total. The van der Waals surface area contributed by atoms with E-state index in [1.165, 1.54) is 0 Å². The number of anilines is 1. The smallest absolute Gasteiger partial charge is 0.257 e. The van der Waals surface area contributed by atoms with E-state index in [0.717, 1.165) is 42.9 Å². The van der Waals surface area contributed by atoms with Crippen molar-refractivity contribution in [3.63, 3.8) is 0 Å². The minimum Gasteiger partial charge on any atom is -0.376 e. The number of rotatable bonds is 5. The fraction of sp³-hybridized carbons (Fsp3) is 0.524. The number of benzene rings is 1. The highest BCUT2D eigenvalue weighted by molar-refractivity contribution is 6.30. The molecule has 2 aliphatic rings. The van der Waals surface area contributed by atoms with Crippen LogP contribution in [-0.4, -0.2) is 39.8 Å². The second-order valence-corrected chi connectivity index (χ2v) is 8.41. The first-order valence-electron chi connectivity index (χ1n) is 9.96. The molecule has 2 atom stereocenters. The number of fused-ring (bicyclic) bond motifs is 1. The number of para-hydroxylation sites is 1. The SMILES string of the molecule is Cc1nn(CC(C)C)c(Cl)c1C1Nc2ccccc2C(=O)N1CC1CCCO1. The van der Waals surface area contributed by atoms with E-state index in [4.69, 9.17) is 16.3 Å². The van der Waals surface area contributed by atoms with Gasteiger partial charge in [-0.3, -0.25) is 9.48 Å². The van der Waals surface area contributed by atoms with Gasteiger partial charge >= 0.3 is 0 Å². The predicted octanol–water partition coefficient (Wildman–Crippen LogP) is 4.25. The number of carbonyl (C=O) groups excluding carboxylic acids is 1. The number of aromatic nitrogens is 2. The molecule has 1 saturated heterocycles. The average molecular weight is 403 g/mol. The molecule has 28 heavy (non-hydrogen) atoms. The molecule has 2 unspecified atom stereocenters. The molecule has 1 aromatic carbocycles. The highest BCUT2D eigenvalue weighted by Gasteiger charge is 2.38. The second kappa shape index (κ2) is 7.76. The van der Waals surface area contributed by atoms with E-state index in [0.29, 0.717) is 23.2 Å². The maximum Gasteiger partial charge on any atom is 0.257 e. The van der Waals surface area contributed by atoms with Gasteiger partial charge in [-0.25, -0.2) is 0 Å². The lowest BCUT2D eigenvalue weighted by Crippen LogP contribution is -2.46. The minimum absolute atomic E-state index is 0.00178. The van der Waals surface area contributed by atoms with Crippen molar-refractivity contribution in [3.8, 4) is 0 Å². The molecule has 0 bridgehead atoms. The number of ether oxygens (including phenoxy) is 1. The van der Waals surface area contributed by atoms with Crippen molar-refractivity contribution < 1.29 is 9.53 Å². The monoisotopic (exact) mass is 402 g/mol. The zero-order valence-electron chi connectivity index (χ0n) is 16.6. The summed E-state index contributed by atoms with van der Waals surface area (Å²) in [5, 5.41) is 8.77. The molecule has 1 aromatic heterocycles. The van der Waals surface area contributed by atoms with Crippen LogP contribution < -0.4 is 5.32 Å². The molecule has 4 rings (SSSR count). The van der Waals surface area contributed by atoms with Gasteiger partial charge in [-0.2, -0.15) is 5.10 Å². The standard InChI is InChI=1S/C21H27ClN4O2/c1-13(2)11-26-19(22)18(14(3)24-26)20-23-17-9-5-4-8-16(17)21(27)25(20)12-15-7-6-10-28-15/h4-5,8-9,13,15,20,23H,6-7,10-12H2,1-3H3. The molecule has 1 amide bonds. The second-order valence-electron chi connectivity index (χ2n) is 8.05. The number of hydrogen-bond acceptors (Lipinski definition) is 4. The minimum atomic E-state index is -0.361. The molecule has 0 aliphatic carbocycles. The molecule has 7 heteroatoms. The van der Waals surface area contributed by atoms with Crippen LogP contribution in [-0.2, 0) is 11.3 Å². The third kappa shape index (κ3) is 3.51. The van der Waals surface area contributed by atoms with Crippen LogP contribution in [0.1, 0.15) is 54.5 Å². The number of carbonyl (C=O) groups is 1. The van der Waals surface area contributed by atoms with Crippen LogP contribution in [0.4, 0.5) is 5.69 Å². The van der Waals surface area contributed by atoms with Crippen molar-refractivity contribution in [2.45, 2.75) is 52.4 Å². The normalized spacial score (nSPS) is 21.9. The average Bonchev–Trinajstić information content (AvgIpc) is 3.26. The van der Waals surface area contributed by atoms with Gasteiger partial charge in [0.15, 0.2) is 0 Å². The van der Waals surface area contributed by atoms with Crippen LogP contribution in [0.5, 0.6) is 0 Å². The lowest BCUT2D eigenvalue weighted by molar-refractivity contribution is 0.0426. The van der Waals surface area contributed by atoms with Crippen molar-refractivity contribution >= 4 is 23.2 Å². The van der Waals surface area contributed by atoms with Gasteiger partial charge in [0.2, 0.25) is 0 Å². The topological polar surface area (TPSA) is 59.4 Å². The van der Waals surface area contributed by atoms with Gasteiger partial charge in [-0.1, -0.05) is 37.6 Å². The summed E-state index contributed by atoms with van der Waals surface area (Å²) in [5.41, 5.74) is 3.21. The Labute approximate surface area is 170 Å². The van der Waals surface area contributed by atoms with Crippen molar-refractivity contribution in [2.75, 3.05) is 18.5 Å². The number of hydrogen-bond donors (Lipinski definition) is 1. The Morgan fingerprint density at radius 3 is 2.86 bits per heavy atom. The van der Waals surface area contributed by atoms with Crippen LogP contribution >= 0.6 is 11.6 Å². The molecular weight excluding hydrogens is 376 g/mol. The van der Waals surface area contributed by atoms with Crippen LogP contribution in [0.2, 0.25) is 5.15 Å². The molecule has 6 nitrogen and oxygen atoms in total. The molecule has 150 valence electrons. The van der Waals surface area contributed by atoms with E-state index < -0.39 is 0 Å². The Bertz CT molecular complexity index is 873. The van der Waals surface area contributed by atoms with Crippen LogP contribution in [0.3, 0.4) is 0 Å². The van der Waals surface area contributed by atoms with Gasteiger partial charge in [0.05, 0.1) is 22.9 Å². The number of halogens is 1. The van der Waals surface area contributed by atoms with Gasteiger partial charge in [0.1, 0.15) is 11.3 Å². The summed E-state index contributed by atoms with van der Waals surface area (Å²) < 4.78 is 7.66. The molecular formula is C21H27ClN4O2. The van der Waals surface area contributed by atoms with E-state index in [9.17, 15) is 4.79 Å². The molecule has 2 aromatic rings. The first-order chi connectivity index (χ1) is 13.5. The first kappa shape index (κ1) is 19.3. The number of nitrogens with zero attached hydrogens (tertiary/aromatic N) is 3. The summed E-state index contributed by atoms with van der Waals surface area (Å²) in [5.74, 6) is 0.427. The summed E-state index contributed by atoms with van der Waals surface area (Å²) in [6, 6.07) is 7.62. The van der Waals surface area contributed by atoms with Crippen LogP contribution in [0.25, 0.3) is 0 Å². The highest BCUT2D eigenvalue weighted by atomic mass is 35.5. The summed E-state index contributed by atoms with van der Waals surface area (Å²) >= 11 is 6.76. The van der Waals surface area contributed by atoms with E-state index in [1.807, 2.05) is 40.8 Å². The van der Waals surface area contributed by atoms with Crippen molar-refractivity contribution in [3.05, 3.63) is 46.2 Å². The van der Waals surface area contributed by atoms with Gasteiger partial charge in [0.25, 0.3) is 5.91 Å². The fourth-order valence-corrected chi connectivity index (χ4v) is 4.41. The maximum absolute atomic E-state index is 13.4. The first-order valence-corrected chi connectivity index (χ1v) is 10.3. The van der Waals surface area contributed by atoms with Crippen molar-refractivity contribution in [2.24, 2.45) is 5.92 Å². The Balaban J connectivity index is 1.74.